The van der Waals surface area contributed by atoms with Crippen molar-refractivity contribution < 1.29 is 24.0 Å². The predicted octanol–water partition coefficient (Wildman–Crippen LogP) is 4.49. The first kappa shape index (κ1) is 23.3. The molecule has 0 atom stereocenters. The van der Waals surface area contributed by atoms with Gasteiger partial charge in [-0.1, -0.05) is 0 Å². The van der Waals surface area contributed by atoms with Gasteiger partial charge in [-0.3, -0.25) is 19.9 Å². The van der Waals surface area contributed by atoms with E-state index in [0.29, 0.717) is 35.5 Å². The van der Waals surface area contributed by atoms with Gasteiger partial charge in [0.2, 0.25) is 0 Å². The number of carbonyl (C=O) groups is 1. The van der Waals surface area contributed by atoms with Crippen molar-refractivity contribution in [2.75, 3.05) is 6.54 Å². The zero-order chi connectivity index (χ0) is 24.2. The molecular formula is C22H20FN5O5S. The lowest BCUT2D eigenvalue weighted by molar-refractivity contribution is -0.385. The summed E-state index contributed by atoms with van der Waals surface area (Å²) in [5.41, 5.74) is 1.22. The Labute approximate surface area is 196 Å². The molecule has 0 saturated carbocycles. The number of fused-ring (bicyclic) bond motifs is 1. The van der Waals surface area contributed by atoms with Gasteiger partial charge in [0.15, 0.2) is 11.6 Å². The van der Waals surface area contributed by atoms with Crippen molar-refractivity contribution in [3.05, 3.63) is 64.4 Å². The monoisotopic (exact) mass is 485 g/mol. The average Bonchev–Trinajstić information content (AvgIpc) is 3.38. The molecule has 12 heteroatoms. The van der Waals surface area contributed by atoms with E-state index in [1.165, 1.54) is 23.5 Å². The molecule has 0 fully saturated rings. The lowest BCUT2D eigenvalue weighted by Crippen LogP contribution is -2.17. The first-order chi connectivity index (χ1) is 16.3. The standard InChI is InChI=1S/C22H20FN5O5S/c1-27-14(11-24-7-2-3-20(29)30)12-26-22(27)19-10-16-21(34-19)18(6-8-25-16)33-17-5-4-13(28(31)32)9-15(17)23/h4-6,8-10,12,24H,2-3,7,11H2,1H3,(H,29,30). The maximum absolute atomic E-state index is 14.3. The second kappa shape index (κ2) is 9.93. The van der Waals surface area contributed by atoms with Gasteiger partial charge < -0.3 is 19.7 Å². The lowest BCUT2D eigenvalue weighted by Gasteiger charge is -2.07. The van der Waals surface area contributed by atoms with Gasteiger partial charge in [0, 0.05) is 38.3 Å². The summed E-state index contributed by atoms with van der Waals surface area (Å²) >= 11 is 1.39. The molecule has 0 amide bonds. The van der Waals surface area contributed by atoms with Crippen LogP contribution in [0.2, 0.25) is 0 Å². The Hall–Kier alpha value is -3.90. The quantitative estimate of drug-likeness (QED) is 0.191. The van der Waals surface area contributed by atoms with Gasteiger partial charge in [-0.25, -0.2) is 9.37 Å². The third kappa shape index (κ3) is 5.02. The van der Waals surface area contributed by atoms with E-state index in [1.807, 2.05) is 17.7 Å². The third-order valence-electron chi connectivity index (χ3n) is 5.08. The van der Waals surface area contributed by atoms with Crippen LogP contribution in [0.5, 0.6) is 11.5 Å². The molecule has 2 N–H and O–H groups in total. The first-order valence-corrected chi connectivity index (χ1v) is 11.1. The van der Waals surface area contributed by atoms with Gasteiger partial charge in [-0.05, 0) is 25.1 Å². The molecule has 176 valence electrons. The lowest BCUT2D eigenvalue weighted by atomic mass is 10.3. The van der Waals surface area contributed by atoms with E-state index >= 15 is 0 Å². The summed E-state index contributed by atoms with van der Waals surface area (Å²) in [6, 6.07) is 6.70. The molecule has 3 heterocycles. The fourth-order valence-corrected chi connectivity index (χ4v) is 4.43. The molecule has 0 aliphatic carbocycles. The number of hydrogen-bond donors (Lipinski definition) is 2. The zero-order valence-electron chi connectivity index (χ0n) is 18.0. The number of nitro groups is 1. The van der Waals surface area contributed by atoms with Gasteiger partial charge in [-0.2, -0.15) is 0 Å². The highest BCUT2D eigenvalue weighted by atomic mass is 32.1. The molecule has 1 aromatic carbocycles. The van der Waals surface area contributed by atoms with Crippen LogP contribution >= 0.6 is 11.3 Å². The average molecular weight is 485 g/mol. The number of thiophene rings is 1. The molecule has 0 radical (unpaired) electrons. The highest BCUT2D eigenvalue weighted by Crippen LogP contribution is 2.39. The van der Waals surface area contributed by atoms with E-state index in [0.717, 1.165) is 22.5 Å². The summed E-state index contributed by atoms with van der Waals surface area (Å²) < 4.78 is 22.7. The number of halogens is 1. The minimum Gasteiger partial charge on any atom is -0.481 e. The number of carboxylic acids is 1. The highest BCUT2D eigenvalue weighted by molar-refractivity contribution is 7.22. The predicted molar refractivity (Wildman–Crippen MR) is 124 cm³/mol. The number of non-ortho nitro benzene ring substituents is 1. The topological polar surface area (TPSA) is 132 Å². The van der Waals surface area contributed by atoms with E-state index < -0.39 is 16.7 Å². The Morgan fingerprint density at radius 3 is 2.85 bits per heavy atom. The maximum Gasteiger partial charge on any atom is 0.303 e. The van der Waals surface area contributed by atoms with E-state index in [1.54, 1.807) is 18.5 Å². The van der Waals surface area contributed by atoms with Crippen molar-refractivity contribution in [1.29, 1.82) is 0 Å². The Bertz CT molecular complexity index is 1370. The second-order valence-corrected chi connectivity index (χ2v) is 8.47. The SMILES string of the molecule is Cn1c(CNCCCC(=O)O)cnc1-c1cc2nccc(Oc3ccc([N+](=O)[O-])cc3F)c2s1. The molecule has 3 aromatic heterocycles. The summed E-state index contributed by atoms with van der Waals surface area (Å²) in [5.74, 6) is -0.675. The summed E-state index contributed by atoms with van der Waals surface area (Å²) in [4.78, 5) is 30.5. The van der Waals surface area contributed by atoms with E-state index in [2.05, 4.69) is 15.3 Å². The number of ether oxygens (including phenoxy) is 1. The molecule has 10 nitrogen and oxygen atoms in total. The van der Waals surface area contributed by atoms with E-state index in [4.69, 9.17) is 9.84 Å². The summed E-state index contributed by atoms with van der Waals surface area (Å²) in [6.45, 7) is 1.12. The smallest absolute Gasteiger partial charge is 0.303 e. The van der Waals surface area contributed by atoms with Gasteiger partial charge in [0.25, 0.3) is 5.69 Å². The number of nitrogens with one attached hydrogen (secondary N) is 1. The minimum atomic E-state index is -0.833. The summed E-state index contributed by atoms with van der Waals surface area (Å²) in [6.07, 6.45) is 3.95. The Kier molecular flexibility index (Phi) is 6.80. The normalized spacial score (nSPS) is 11.1. The largest absolute Gasteiger partial charge is 0.481 e. The van der Waals surface area contributed by atoms with Crippen LogP contribution in [0.25, 0.3) is 20.9 Å². The molecule has 0 spiro atoms. The van der Waals surface area contributed by atoms with Crippen molar-refractivity contribution in [1.82, 2.24) is 19.9 Å². The molecule has 0 saturated heterocycles. The first-order valence-electron chi connectivity index (χ1n) is 10.3. The third-order valence-corrected chi connectivity index (χ3v) is 6.21. The van der Waals surface area contributed by atoms with Crippen LogP contribution in [0.3, 0.4) is 0 Å². The van der Waals surface area contributed by atoms with Crippen LogP contribution in [-0.4, -0.2) is 37.1 Å². The number of aromatic nitrogens is 3. The molecule has 34 heavy (non-hydrogen) atoms. The Balaban J connectivity index is 1.54. The molecule has 4 aromatic rings. The number of pyridine rings is 1. The molecule has 0 unspecified atom stereocenters. The zero-order valence-corrected chi connectivity index (χ0v) is 18.8. The van der Waals surface area contributed by atoms with Crippen LogP contribution in [-0.2, 0) is 18.4 Å². The van der Waals surface area contributed by atoms with Crippen LogP contribution in [0.4, 0.5) is 10.1 Å². The number of carboxylic acid groups (broad SMARTS) is 1. The Morgan fingerprint density at radius 1 is 1.29 bits per heavy atom. The molecular weight excluding hydrogens is 465 g/mol. The molecule has 0 bridgehead atoms. The fraction of sp³-hybridized carbons (Fsp3) is 0.227. The summed E-state index contributed by atoms with van der Waals surface area (Å²) in [7, 11) is 1.89. The minimum absolute atomic E-state index is 0.118. The van der Waals surface area contributed by atoms with Gasteiger partial charge in [0.05, 0.1) is 38.0 Å². The van der Waals surface area contributed by atoms with Crippen molar-refractivity contribution >= 4 is 33.2 Å². The number of rotatable bonds is 10. The number of aliphatic carboxylic acids is 1. The van der Waals surface area contributed by atoms with Crippen molar-refractivity contribution in [3.63, 3.8) is 0 Å². The number of benzene rings is 1. The summed E-state index contributed by atoms with van der Waals surface area (Å²) in [5, 5.41) is 22.8. The number of hydrogen-bond acceptors (Lipinski definition) is 8. The van der Waals surface area contributed by atoms with E-state index in [9.17, 15) is 19.3 Å². The van der Waals surface area contributed by atoms with Gasteiger partial charge >= 0.3 is 5.97 Å². The second-order valence-electron chi connectivity index (χ2n) is 7.41. The van der Waals surface area contributed by atoms with Gasteiger partial charge in [-0.15, -0.1) is 11.3 Å². The molecule has 0 aliphatic rings. The number of nitrogens with zero attached hydrogens (tertiary/aromatic N) is 4. The Morgan fingerprint density at radius 2 is 2.12 bits per heavy atom. The van der Waals surface area contributed by atoms with Crippen LogP contribution in [0.15, 0.2) is 42.7 Å². The molecule has 0 aliphatic heterocycles. The number of nitro benzene ring substituents is 1. The fourth-order valence-electron chi connectivity index (χ4n) is 3.33. The van der Waals surface area contributed by atoms with Crippen molar-refractivity contribution in [3.8, 4) is 22.2 Å². The highest BCUT2D eigenvalue weighted by Gasteiger charge is 2.17. The maximum atomic E-state index is 14.3. The van der Waals surface area contributed by atoms with E-state index in [-0.39, 0.29) is 17.9 Å². The van der Waals surface area contributed by atoms with Crippen molar-refractivity contribution in [2.24, 2.45) is 7.05 Å². The van der Waals surface area contributed by atoms with Crippen LogP contribution < -0.4 is 10.1 Å². The molecule has 4 rings (SSSR count). The number of imidazole rings is 1. The van der Waals surface area contributed by atoms with Crippen LogP contribution in [0, 0.1) is 15.9 Å². The van der Waals surface area contributed by atoms with Gasteiger partial charge in [0.1, 0.15) is 11.6 Å². The van der Waals surface area contributed by atoms with Crippen LogP contribution in [0.1, 0.15) is 18.5 Å². The van der Waals surface area contributed by atoms with Crippen molar-refractivity contribution in [2.45, 2.75) is 19.4 Å².